The fourth-order valence-corrected chi connectivity index (χ4v) is 4.60. The number of amides is 1. The first-order chi connectivity index (χ1) is 20.2. The highest BCUT2D eigenvalue weighted by Crippen LogP contribution is 2.21. The lowest BCUT2D eigenvalue weighted by Gasteiger charge is -2.37. The predicted molar refractivity (Wildman–Crippen MR) is 150 cm³/mol. The molecule has 12 N–H and O–H groups in total. The molecule has 0 bridgehead atoms. The maximum absolute atomic E-state index is 11.6. The number of carbonyl (C=O) groups excluding carboxylic acids is 1. The molecule has 0 aromatic heterocycles. The summed E-state index contributed by atoms with van der Waals surface area (Å²) < 4.78 is 26.6. The zero-order valence-corrected chi connectivity index (χ0v) is 24.9. The third kappa shape index (κ3) is 17.2. The maximum Gasteiger partial charge on any atom is 0.249 e. The third-order valence-electron chi connectivity index (χ3n) is 6.77. The van der Waals surface area contributed by atoms with Gasteiger partial charge < -0.3 is 67.0 Å². The van der Waals surface area contributed by atoms with Gasteiger partial charge in [0, 0.05) is 52.5 Å². The molecule has 2 heterocycles. The minimum Gasteiger partial charge on any atom is -0.400 e. The average molecular weight is 619 g/mol. The van der Waals surface area contributed by atoms with E-state index in [1.165, 1.54) is 26.4 Å². The average Bonchev–Trinajstić information content (AvgIpc) is 2.98. The van der Waals surface area contributed by atoms with Crippen molar-refractivity contribution in [2.75, 3.05) is 53.7 Å². The fraction of sp³-hybridized carbons (Fsp3) is 0.962. The summed E-state index contributed by atoms with van der Waals surface area (Å²) in [5.74, 6) is -0.472. The number of carbonyl (C=O) groups is 1. The molecule has 1 amide bonds. The topological polar surface area (TPSA) is 251 Å². The van der Waals surface area contributed by atoms with Gasteiger partial charge in [0.2, 0.25) is 12.2 Å². The number of nitrogens with two attached hydrogens (primary N) is 2. The largest absolute Gasteiger partial charge is 0.400 e. The molecular weight excluding hydrogens is 563 g/mol. The van der Waals surface area contributed by atoms with Crippen LogP contribution in [0.3, 0.4) is 0 Å². The third-order valence-corrected chi connectivity index (χ3v) is 6.77. The number of nitrogens with one attached hydrogen (secondary N) is 2. The number of halogens is 1. The van der Waals surface area contributed by atoms with Crippen molar-refractivity contribution >= 4 is 5.91 Å². The maximum atomic E-state index is 11.6. The summed E-state index contributed by atoms with van der Waals surface area (Å²) >= 11 is 0. The Bertz CT molecular complexity index is 643. The van der Waals surface area contributed by atoms with Crippen LogP contribution in [0.5, 0.6) is 0 Å². The first-order valence-corrected chi connectivity index (χ1v) is 14.4. The van der Waals surface area contributed by atoms with E-state index in [2.05, 4.69) is 20.3 Å². The lowest BCUT2D eigenvalue weighted by atomic mass is 9.86. The normalized spacial score (nSPS) is 31.6. The van der Waals surface area contributed by atoms with Gasteiger partial charge in [-0.2, -0.15) is 4.94 Å². The summed E-state index contributed by atoms with van der Waals surface area (Å²) in [4.78, 5) is 14.9. The van der Waals surface area contributed by atoms with E-state index in [0.29, 0.717) is 18.9 Å². The Kier molecular flexibility index (Phi) is 24.6. The number of aliphatic hydroxyl groups excluding tert-OH is 6. The van der Waals surface area contributed by atoms with Gasteiger partial charge in [0.1, 0.15) is 12.2 Å². The van der Waals surface area contributed by atoms with E-state index >= 15 is 0 Å². The summed E-state index contributed by atoms with van der Waals surface area (Å²) in [6, 6.07) is -0.586. The molecule has 42 heavy (non-hydrogen) atoms. The second kappa shape index (κ2) is 25.2. The van der Waals surface area contributed by atoms with Crippen molar-refractivity contribution < 1.29 is 59.1 Å². The van der Waals surface area contributed by atoms with Crippen LogP contribution in [0.1, 0.15) is 51.4 Å². The lowest BCUT2D eigenvalue weighted by Crippen LogP contribution is -2.56. The Hall–Kier alpha value is -1.12. The van der Waals surface area contributed by atoms with Gasteiger partial charge in [0.25, 0.3) is 0 Å². The van der Waals surface area contributed by atoms with Crippen molar-refractivity contribution in [3.05, 3.63) is 0 Å². The van der Waals surface area contributed by atoms with E-state index in [9.17, 15) is 19.5 Å². The molecule has 1 saturated carbocycles. The van der Waals surface area contributed by atoms with Crippen LogP contribution in [0.4, 0.5) is 4.53 Å². The molecule has 3 aliphatic rings. The summed E-state index contributed by atoms with van der Waals surface area (Å²) in [5, 5.41) is 58.5. The minimum absolute atomic E-state index is 0.00560. The number of rotatable bonds is 11. The summed E-state index contributed by atoms with van der Waals surface area (Å²) in [6.07, 6.45) is 0.882. The van der Waals surface area contributed by atoms with Crippen molar-refractivity contribution in [2.45, 2.75) is 106 Å². The Morgan fingerprint density at radius 3 is 2.36 bits per heavy atom. The zero-order valence-electron chi connectivity index (χ0n) is 24.9. The van der Waals surface area contributed by atoms with Gasteiger partial charge in [0.15, 0.2) is 0 Å². The molecule has 0 aromatic rings. The van der Waals surface area contributed by atoms with Crippen LogP contribution in [0, 0.1) is 0 Å². The van der Waals surface area contributed by atoms with Crippen LogP contribution >= 0.6 is 0 Å². The van der Waals surface area contributed by atoms with Crippen molar-refractivity contribution in [2.24, 2.45) is 11.5 Å². The van der Waals surface area contributed by atoms with Crippen LogP contribution < -0.4 is 22.1 Å². The van der Waals surface area contributed by atoms with Gasteiger partial charge in [0.05, 0.1) is 31.0 Å². The van der Waals surface area contributed by atoms with Crippen LogP contribution in [0.15, 0.2) is 0 Å². The monoisotopic (exact) mass is 618 g/mol. The van der Waals surface area contributed by atoms with E-state index in [1.807, 2.05) is 0 Å². The fourth-order valence-electron chi connectivity index (χ4n) is 4.60. The van der Waals surface area contributed by atoms with E-state index in [4.69, 9.17) is 41.4 Å². The molecule has 3 fully saturated rings. The first-order valence-electron chi connectivity index (χ1n) is 14.4. The van der Waals surface area contributed by atoms with E-state index in [1.54, 1.807) is 0 Å². The molecule has 2 saturated heterocycles. The lowest BCUT2D eigenvalue weighted by molar-refractivity contribution is -0.324. The molecular formula is C26H55FN4O11. The van der Waals surface area contributed by atoms with Crippen LogP contribution in [0.2, 0.25) is 0 Å². The highest BCUT2D eigenvalue weighted by atomic mass is 19.3. The smallest absolute Gasteiger partial charge is 0.249 e. The van der Waals surface area contributed by atoms with E-state index < -0.39 is 42.7 Å². The van der Waals surface area contributed by atoms with Gasteiger partial charge >= 0.3 is 0 Å². The second-order valence-corrected chi connectivity index (χ2v) is 10.2. The Labute approximate surface area is 247 Å². The van der Waals surface area contributed by atoms with Crippen LogP contribution in [-0.2, 0) is 23.9 Å². The highest BCUT2D eigenvalue weighted by Gasteiger charge is 2.36. The Balaban J connectivity index is 0.000000610. The molecule has 15 nitrogen and oxygen atoms in total. The summed E-state index contributed by atoms with van der Waals surface area (Å²) in [6.45, 7) is 3.29. The standard InChI is InChI=1S/C11H23N3O4.C9H19NO2.C5H9FO4.CH4O/c1-18-10-7(13)4-6(5-9(10)16)14-11(17)8(15)2-3-12;11-6-3-5-10-8-9-4-1-2-7-12-9;6-10-5-4(8)1-3(7)2-9-5;1-2/h6-10,15-16H,2-5,12-13H2,1H3,(H,14,17);9-11H,1-8H2;3-5,7-8H,1-2H2;2H,1H3/t6?,7?,8?,9?,10-;;;/m1.../s1. The molecule has 3 rings (SSSR count). The van der Waals surface area contributed by atoms with Gasteiger partial charge in [-0.3, -0.25) is 4.79 Å². The number of hydrogen-bond acceptors (Lipinski definition) is 14. The Morgan fingerprint density at radius 1 is 1.12 bits per heavy atom. The van der Waals surface area contributed by atoms with Crippen LogP contribution in [0.25, 0.3) is 0 Å². The molecule has 16 heteroatoms. The summed E-state index contributed by atoms with van der Waals surface area (Å²) in [5.41, 5.74) is 11.1. The Morgan fingerprint density at radius 2 is 1.83 bits per heavy atom. The second-order valence-electron chi connectivity index (χ2n) is 10.2. The first kappa shape index (κ1) is 40.9. The highest BCUT2D eigenvalue weighted by molar-refractivity contribution is 5.80. The van der Waals surface area contributed by atoms with Gasteiger partial charge in [-0.25, -0.2) is 0 Å². The van der Waals surface area contributed by atoms with E-state index in [-0.39, 0.29) is 44.7 Å². The molecule has 252 valence electrons. The number of aliphatic hydroxyl groups is 6. The molecule has 8 unspecified atom stereocenters. The number of ether oxygens (including phenoxy) is 3. The van der Waals surface area contributed by atoms with Crippen molar-refractivity contribution in [3.63, 3.8) is 0 Å². The van der Waals surface area contributed by atoms with E-state index in [0.717, 1.165) is 33.2 Å². The van der Waals surface area contributed by atoms with Crippen LogP contribution in [-0.4, -0.2) is 145 Å². The molecule has 2 aliphatic heterocycles. The van der Waals surface area contributed by atoms with Gasteiger partial charge in [-0.15, -0.1) is 0 Å². The van der Waals surface area contributed by atoms with Crippen molar-refractivity contribution in [3.8, 4) is 0 Å². The number of methoxy groups -OCH3 is 1. The minimum atomic E-state index is -1.23. The van der Waals surface area contributed by atoms with Crippen molar-refractivity contribution in [1.29, 1.82) is 0 Å². The molecule has 0 aromatic carbocycles. The molecule has 1 aliphatic carbocycles. The van der Waals surface area contributed by atoms with Gasteiger partial charge in [-0.1, -0.05) is 0 Å². The predicted octanol–water partition coefficient (Wildman–Crippen LogP) is -2.83. The number of hydrogen-bond donors (Lipinski definition) is 10. The zero-order chi connectivity index (χ0) is 31.9. The molecule has 0 radical (unpaired) electrons. The SMILES string of the molecule is CO.CO[C@@H]1C(N)CC(NC(=O)C(O)CCN)CC1O.OC1COC(OF)C(O)C1.OCCCNCC1CCCCO1. The molecule has 0 spiro atoms. The van der Waals surface area contributed by atoms with Gasteiger partial charge in [-0.05, 0) is 62.6 Å². The van der Waals surface area contributed by atoms with Crippen molar-refractivity contribution in [1.82, 2.24) is 10.6 Å². The summed E-state index contributed by atoms with van der Waals surface area (Å²) in [7, 11) is 2.50. The quantitative estimate of drug-likeness (QED) is 0.105. The molecule has 9 atom stereocenters.